The minimum absolute atomic E-state index is 0.285. The molecule has 0 aromatic heterocycles. The maximum atomic E-state index is 13.5. The van der Waals surface area contributed by atoms with Crippen LogP contribution in [-0.4, -0.2) is 12.6 Å². The van der Waals surface area contributed by atoms with E-state index in [0.717, 1.165) is 30.5 Å². The summed E-state index contributed by atoms with van der Waals surface area (Å²) in [4.78, 5) is 0. The average molecular weight is 296 g/mol. The minimum atomic E-state index is -0.285. The van der Waals surface area contributed by atoms with Gasteiger partial charge in [0.2, 0.25) is 0 Å². The molecule has 3 rings (SSSR count). The summed E-state index contributed by atoms with van der Waals surface area (Å²) in [6.07, 6.45) is 8.80. The van der Waals surface area contributed by atoms with Crippen molar-refractivity contribution >= 4 is 11.6 Å². The molecule has 1 aromatic rings. The van der Waals surface area contributed by atoms with Gasteiger partial charge in [-0.25, -0.2) is 4.39 Å². The van der Waals surface area contributed by atoms with Crippen molar-refractivity contribution < 1.29 is 4.39 Å². The van der Waals surface area contributed by atoms with Crippen LogP contribution in [-0.2, 0) is 6.42 Å². The van der Waals surface area contributed by atoms with Gasteiger partial charge in [0.15, 0.2) is 0 Å². The summed E-state index contributed by atoms with van der Waals surface area (Å²) in [6, 6.07) is 5.97. The van der Waals surface area contributed by atoms with Crippen LogP contribution >= 0.6 is 11.6 Å². The monoisotopic (exact) mass is 295 g/mol. The number of halogens is 2. The van der Waals surface area contributed by atoms with Gasteiger partial charge in [-0.1, -0.05) is 36.6 Å². The molecule has 1 nitrogen and oxygen atoms in total. The fourth-order valence-electron chi connectivity index (χ4n) is 3.42. The Kier molecular flexibility index (Phi) is 4.62. The van der Waals surface area contributed by atoms with Crippen molar-refractivity contribution in [2.75, 3.05) is 6.54 Å². The van der Waals surface area contributed by atoms with Crippen LogP contribution in [0.5, 0.6) is 0 Å². The molecule has 2 unspecified atom stereocenters. The maximum Gasteiger partial charge on any atom is 0.142 e. The smallest absolute Gasteiger partial charge is 0.142 e. The highest BCUT2D eigenvalue weighted by Crippen LogP contribution is 2.34. The lowest BCUT2D eigenvalue weighted by Gasteiger charge is -2.32. The van der Waals surface area contributed by atoms with Crippen molar-refractivity contribution in [3.05, 3.63) is 34.6 Å². The standard InChI is InChI=1S/C17H23ClFN/c18-17-13(6-3-7-16(17)19)10-12-4-1-2-5-14(12)11-20-15-8-9-15/h3,6-7,12,14-15,20H,1-2,4-5,8-11H2. The molecular weight excluding hydrogens is 273 g/mol. The van der Waals surface area contributed by atoms with E-state index in [4.69, 9.17) is 11.6 Å². The maximum absolute atomic E-state index is 13.5. The van der Waals surface area contributed by atoms with Crippen molar-refractivity contribution in [1.29, 1.82) is 0 Å². The van der Waals surface area contributed by atoms with Crippen molar-refractivity contribution in [2.45, 2.75) is 51.0 Å². The van der Waals surface area contributed by atoms with E-state index in [1.165, 1.54) is 44.6 Å². The summed E-state index contributed by atoms with van der Waals surface area (Å²) >= 11 is 6.11. The van der Waals surface area contributed by atoms with Gasteiger partial charge in [-0.2, -0.15) is 0 Å². The van der Waals surface area contributed by atoms with Crippen LogP contribution in [0, 0.1) is 17.7 Å². The summed E-state index contributed by atoms with van der Waals surface area (Å²) < 4.78 is 13.5. The Labute approximate surface area is 125 Å². The average Bonchev–Trinajstić information content (AvgIpc) is 3.27. The first kappa shape index (κ1) is 14.3. The van der Waals surface area contributed by atoms with Crippen LogP contribution in [0.3, 0.4) is 0 Å². The first-order valence-electron chi connectivity index (χ1n) is 7.90. The van der Waals surface area contributed by atoms with Gasteiger partial charge < -0.3 is 5.32 Å². The molecule has 2 fully saturated rings. The van der Waals surface area contributed by atoms with Crippen LogP contribution in [0.2, 0.25) is 5.02 Å². The largest absolute Gasteiger partial charge is 0.314 e. The van der Waals surface area contributed by atoms with Gasteiger partial charge in [-0.05, 0) is 62.1 Å². The molecule has 0 aliphatic heterocycles. The third kappa shape index (κ3) is 3.53. The third-order valence-corrected chi connectivity index (χ3v) is 5.25. The van der Waals surface area contributed by atoms with Crippen molar-refractivity contribution in [3.8, 4) is 0 Å². The van der Waals surface area contributed by atoms with Gasteiger partial charge in [0.25, 0.3) is 0 Å². The van der Waals surface area contributed by atoms with Crippen LogP contribution < -0.4 is 5.32 Å². The second-order valence-corrected chi connectivity index (χ2v) is 6.78. The Morgan fingerprint density at radius 3 is 2.60 bits per heavy atom. The van der Waals surface area contributed by atoms with E-state index in [1.807, 2.05) is 6.07 Å². The van der Waals surface area contributed by atoms with E-state index in [1.54, 1.807) is 6.07 Å². The van der Waals surface area contributed by atoms with Gasteiger partial charge >= 0.3 is 0 Å². The Hall–Kier alpha value is -0.600. The Balaban J connectivity index is 1.64. The Bertz CT molecular complexity index is 458. The number of hydrogen-bond acceptors (Lipinski definition) is 1. The van der Waals surface area contributed by atoms with Crippen LogP contribution in [0.25, 0.3) is 0 Å². The summed E-state index contributed by atoms with van der Waals surface area (Å²) in [5, 5.41) is 3.99. The zero-order valence-electron chi connectivity index (χ0n) is 11.9. The molecule has 2 aliphatic carbocycles. The lowest BCUT2D eigenvalue weighted by molar-refractivity contribution is 0.228. The molecule has 2 saturated carbocycles. The molecule has 0 amide bonds. The first-order chi connectivity index (χ1) is 9.74. The van der Waals surface area contributed by atoms with E-state index in [2.05, 4.69) is 5.32 Å². The van der Waals surface area contributed by atoms with Crippen LogP contribution in [0.4, 0.5) is 4.39 Å². The van der Waals surface area contributed by atoms with Gasteiger partial charge in [0, 0.05) is 6.04 Å². The van der Waals surface area contributed by atoms with Crippen molar-refractivity contribution in [2.24, 2.45) is 11.8 Å². The lowest BCUT2D eigenvalue weighted by atomic mass is 9.76. The van der Waals surface area contributed by atoms with Gasteiger partial charge in [-0.15, -0.1) is 0 Å². The fourth-order valence-corrected chi connectivity index (χ4v) is 3.62. The molecule has 110 valence electrons. The predicted molar refractivity (Wildman–Crippen MR) is 81.6 cm³/mol. The third-order valence-electron chi connectivity index (χ3n) is 4.83. The topological polar surface area (TPSA) is 12.0 Å². The van der Waals surface area contributed by atoms with Crippen LogP contribution in [0.1, 0.15) is 44.1 Å². The number of benzene rings is 1. The van der Waals surface area contributed by atoms with E-state index < -0.39 is 0 Å². The predicted octanol–water partition coefficient (Wildman–Crippen LogP) is 4.58. The van der Waals surface area contributed by atoms with Gasteiger partial charge in [0.05, 0.1) is 5.02 Å². The van der Waals surface area contributed by atoms with Gasteiger partial charge in [0.1, 0.15) is 5.82 Å². The molecule has 1 aromatic carbocycles. The molecule has 2 aliphatic rings. The zero-order valence-corrected chi connectivity index (χ0v) is 12.6. The molecule has 1 N–H and O–H groups in total. The second kappa shape index (κ2) is 6.44. The normalized spacial score (nSPS) is 26.7. The van der Waals surface area contributed by atoms with E-state index in [-0.39, 0.29) is 5.82 Å². The molecule has 0 radical (unpaired) electrons. The van der Waals surface area contributed by atoms with Crippen molar-refractivity contribution in [1.82, 2.24) is 5.32 Å². The van der Waals surface area contributed by atoms with E-state index in [9.17, 15) is 4.39 Å². The lowest BCUT2D eigenvalue weighted by Crippen LogP contribution is -2.32. The number of nitrogens with one attached hydrogen (secondary N) is 1. The summed E-state index contributed by atoms with van der Waals surface area (Å²) in [5.74, 6) is 1.09. The second-order valence-electron chi connectivity index (χ2n) is 6.40. The highest BCUT2D eigenvalue weighted by molar-refractivity contribution is 6.31. The van der Waals surface area contributed by atoms with Crippen molar-refractivity contribution in [3.63, 3.8) is 0 Å². The van der Waals surface area contributed by atoms with Crippen LogP contribution in [0.15, 0.2) is 18.2 Å². The SMILES string of the molecule is Fc1cccc(CC2CCCCC2CNC2CC2)c1Cl. The molecule has 20 heavy (non-hydrogen) atoms. The molecule has 0 heterocycles. The van der Waals surface area contributed by atoms with E-state index >= 15 is 0 Å². The molecule has 0 spiro atoms. The fraction of sp³-hybridized carbons (Fsp3) is 0.647. The molecule has 3 heteroatoms. The quantitative estimate of drug-likeness (QED) is 0.838. The Morgan fingerprint density at radius 1 is 1.10 bits per heavy atom. The van der Waals surface area contributed by atoms with E-state index in [0.29, 0.717) is 10.9 Å². The molecule has 0 bridgehead atoms. The van der Waals surface area contributed by atoms with Gasteiger partial charge in [-0.3, -0.25) is 0 Å². The minimum Gasteiger partial charge on any atom is -0.314 e. The Morgan fingerprint density at radius 2 is 1.85 bits per heavy atom. The highest BCUT2D eigenvalue weighted by atomic mass is 35.5. The molecule has 0 saturated heterocycles. The summed E-state index contributed by atoms with van der Waals surface area (Å²) in [5.41, 5.74) is 0.981. The number of rotatable bonds is 5. The zero-order chi connectivity index (χ0) is 13.9. The molecular formula is C17H23ClFN. The summed E-state index contributed by atoms with van der Waals surface area (Å²) in [7, 11) is 0. The first-order valence-corrected chi connectivity index (χ1v) is 8.28. The summed E-state index contributed by atoms with van der Waals surface area (Å²) in [6.45, 7) is 1.13. The molecule has 2 atom stereocenters. The number of hydrogen-bond donors (Lipinski definition) is 1. The highest BCUT2D eigenvalue weighted by Gasteiger charge is 2.28.